The first-order chi connectivity index (χ1) is 12.8. The van der Waals surface area contributed by atoms with Crippen LogP contribution in [0.1, 0.15) is 5.56 Å². The first-order valence-corrected chi connectivity index (χ1v) is 8.58. The number of nitrogens with zero attached hydrogens (tertiary/aromatic N) is 2. The predicted molar refractivity (Wildman–Crippen MR) is 104 cm³/mol. The van der Waals surface area contributed by atoms with Crippen molar-refractivity contribution in [3.63, 3.8) is 0 Å². The van der Waals surface area contributed by atoms with E-state index in [9.17, 15) is 4.39 Å². The zero-order valence-corrected chi connectivity index (χ0v) is 14.2. The topological polar surface area (TPSA) is 37.8 Å². The highest BCUT2D eigenvalue weighted by Crippen LogP contribution is 2.21. The predicted octanol–water partition coefficient (Wildman–Crippen LogP) is 5.09. The summed E-state index contributed by atoms with van der Waals surface area (Å²) >= 11 is 0. The van der Waals surface area contributed by atoms with E-state index < -0.39 is 0 Å². The lowest BCUT2D eigenvalue weighted by atomic mass is 10.0. The Kier molecular flexibility index (Phi) is 4.56. The van der Waals surface area contributed by atoms with Gasteiger partial charge in [0.15, 0.2) is 0 Å². The van der Waals surface area contributed by atoms with Gasteiger partial charge < -0.3 is 5.32 Å². The average molecular weight is 343 g/mol. The van der Waals surface area contributed by atoms with Gasteiger partial charge in [0.2, 0.25) is 0 Å². The second-order valence-electron chi connectivity index (χ2n) is 6.12. The van der Waals surface area contributed by atoms with E-state index in [0.717, 1.165) is 11.9 Å². The third-order valence-electron chi connectivity index (χ3n) is 4.36. The minimum atomic E-state index is -0.285. The van der Waals surface area contributed by atoms with Gasteiger partial charge in [-0.15, -0.1) is 0 Å². The summed E-state index contributed by atoms with van der Waals surface area (Å²) in [5, 5.41) is 3.99. The number of fused-ring (bicyclic) bond motifs is 1. The summed E-state index contributed by atoms with van der Waals surface area (Å²) in [6.07, 6.45) is 2.35. The van der Waals surface area contributed by atoms with Crippen LogP contribution in [0.25, 0.3) is 22.0 Å². The summed E-state index contributed by atoms with van der Waals surface area (Å²) in [4.78, 5) is 8.41. The van der Waals surface area contributed by atoms with E-state index in [4.69, 9.17) is 0 Å². The number of hydrogen-bond donors (Lipinski definition) is 1. The third-order valence-corrected chi connectivity index (χ3v) is 4.36. The molecule has 4 rings (SSSR count). The molecule has 0 radical (unpaired) electrons. The quantitative estimate of drug-likeness (QED) is 0.548. The van der Waals surface area contributed by atoms with Crippen LogP contribution in [0.5, 0.6) is 0 Å². The van der Waals surface area contributed by atoms with Crippen molar-refractivity contribution >= 4 is 16.7 Å². The molecule has 4 aromatic rings. The third kappa shape index (κ3) is 3.54. The Morgan fingerprint density at radius 1 is 0.808 bits per heavy atom. The van der Waals surface area contributed by atoms with Crippen LogP contribution >= 0.6 is 0 Å². The van der Waals surface area contributed by atoms with Crippen LogP contribution in [0.4, 0.5) is 10.2 Å². The smallest absolute Gasteiger partial charge is 0.137 e. The van der Waals surface area contributed by atoms with Crippen LogP contribution in [0.2, 0.25) is 0 Å². The number of hydrogen-bond acceptors (Lipinski definition) is 3. The van der Waals surface area contributed by atoms with E-state index in [2.05, 4.69) is 51.7 Å². The number of anilines is 1. The summed E-state index contributed by atoms with van der Waals surface area (Å²) in [5.41, 5.74) is 4.39. The number of rotatable bonds is 5. The Labute approximate surface area is 151 Å². The molecular formula is C22H18FN3. The minimum Gasteiger partial charge on any atom is -0.369 e. The monoisotopic (exact) mass is 343 g/mol. The van der Waals surface area contributed by atoms with Crippen molar-refractivity contribution < 1.29 is 4.39 Å². The van der Waals surface area contributed by atoms with Crippen LogP contribution < -0.4 is 5.32 Å². The van der Waals surface area contributed by atoms with E-state index in [1.165, 1.54) is 35.2 Å². The van der Waals surface area contributed by atoms with Crippen molar-refractivity contribution in [1.82, 2.24) is 9.97 Å². The highest BCUT2D eigenvalue weighted by molar-refractivity contribution is 5.88. The Balaban J connectivity index is 1.43. The fourth-order valence-electron chi connectivity index (χ4n) is 2.99. The Bertz CT molecular complexity index is 1010. The highest BCUT2D eigenvalue weighted by Gasteiger charge is 2.05. The number of benzene rings is 3. The maximum Gasteiger partial charge on any atom is 0.137 e. The van der Waals surface area contributed by atoms with Gasteiger partial charge in [0, 0.05) is 11.9 Å². The van der Waals surface area contributed by atoms with Gasteiger partial charge in [-0.25, -0.2) is 14.4 Å². The maximum absolute atomic E-state index is 13.5. The molecule has 0 aliphatic carbocycles. The molecule has 4 heteroatoms. The second-order valence-corrected chi connectivity index (χ2v) is 6.12. The fourth-order valence-corrected chi connectivity index (χ4v) is 2.99. The molecule has 0 aliphatic heterocycles. The molecule has 1 heterocycles. The highest BCUT2D eigenvalue weighted by atomic mass is 19.1. The number of nitrogens with one attached hydrogen (secondary N) is 1. The zero-order valence-electron chi connectivity index (χ0n) is 14.2. The molecule has 0 unspecified atom stereocenters. The van der Waals surface area contributed by atoms with Crippen LogP contribution in [0.3, 0.4) is 0 Å². The molecule has 128 valence electrons. The lowest BCUT2D eigenvalue weighted by molar-refractivity contribution is 0.629. The molecule has 0 spiro atoms. The van der Waals surface area contributed by atoms with Gasteiger partial charge in [-0.1, -0.05) is 54.6 Å². The first-order valence-electron chi connectivity index (χ1n) is 8.58. The molecule has 0 amide bonds. The normalized spacial score (nSPS) is 10.8. The SMILES string of the molecule is Fc1ccc2ncnc(NCCc3ccc(-c4ccccc4)cc3)c2c1. The van der Waals surface area contributed by atoms with Crippen molar-refractivity contribution in [3.05, 3.63) is 90.5 Å². The second kappa shape index (κ2) is 7.31. The summed E-state index contributed by atoms with van der Waals surface area (Å²) < 4.78 is 13.5. The Morgan fingerprint density at radius 3 is 2.38 bits per heavy atom. The van der Waals surface area contributed by atoms with Crippen LogP contribution in [0, 0.1) is 5.82 Å². The summed E-state index contributed by atoms with van der Waals surface area (Å²) in [6, 6.07) is 23.4. The molecule has 3 aromatic carbocycles. The van der Waals surface area contributed by atoms with Crippen molar-refractivity contribution in [2.45, 2.75) is 6.42 Å². The van der Waals surface area contributed by atoms with Crippen molar-refractivity contribution in [1.29, 1.82) is 0 Å². The summed E-state index contributed by atoms with van der Waals surface area (Å²) in [5.74, 6) is 0.377. The van der Waals surface area contributed by atoms with Gasteiger partial charge >= 0.3 is 0 Å². The van der Waals surface area contributed by atoms with Crippen molar-refractivity contribution in [3.8, 4) is 11.1 Å². The minimum absolute atomic E-state index is 0.285. The van der Waals surface area contributed by atoms with Gasteiger partial charge in [-0.05, 0) is 41.3 Å². The van der Waals surface area contributed by atoms with E-state index >= 15 is 0 Å². The first kappa shape index (κ1) is 16.2. The van der Waals surface area contributed by atoms with E-state index in [1.807, 2.05) is 18.2 Å². The van der Waals surface area contributed by atoms with Gasteiger partial charge in [0.05, 0.1) is 5.52 Å². The maximum atomic E-state index is 13.5. The van der Waals surface area contributed by atoms with Crippen LogP contribution in [0.15, 0.2) is 79.1 Å². The molecule has 0 fully saturated rings. The molecule has 1 N–H and O–H groups in total. The molecule has 0 atom stereocenters. The lowest BCUT2D eigenvalue weighted by Crippen LogP contribution is -2.07. The van der Waals surface area contributed by atoms with Gasteiger partial charge in [0.25, 0.3) is 0 Å². The molecule has 3 nitrogen and oxygen atoms in total. The fraction of sp³-hybridized carbons (Fsp3) is 0.0909. The van der Waals surface area contributed by atoms with Crippen molar-refractivity contribution in [2.24, 2.45) is 0 Å². The van der Waals surface area contributed by atoms with E-state index in [-0.39, 0.29) is 5.82 Å². The Hall–Kier alpha value is -3.27. The van der Waals surface area contributed by atoms with Gasteiger partial charge in [-0.3, -0.25) is 0 Å². The molecular weight excluding hydrogens is 325 g/mol. The van der Waals surface area contributed by atoms with Crippen LogP contribution in [-0.2, 0) is 6.42 Å². The summed E-state index contributed by atoms with van der Waals surface area (Å²) in [6.45, 7) is 0.716. The molecule has 26 heavy (non-hydrogen) atoms. The lowest BCUT2D eigenvalue weighted by Gasteiger charge is -2.09. The summed E-state index contributed by atoms with van der Waals surface area (Å²) in [7, 11) is 0. The average Bonchev–Trinajstić information content (AvgIpc) is 2.69. The molecule has 0 bridgehead atoms. The van der Waals surface area contributed by atoms with E-state index in [1.54, 1.807) is 6.07 Å². The molecule has 0 saturated carbocycles. The largest absolute Gasteiger partial charge is 0.369 e. The van der Waals surface area contributed by atoms with E-state index in [0.29, 0.717) is 17.7 Å². The molecule has 0 saturated heterocycles. The number of halogens is 1. The molecule has 0 aliphatic rings. The van der Waals surface area contributed by atoms with Gasteiger partial charge in [0.1, 0.15) is 18.0 Å². The standard InChI is InChI=1S/C22H18FN3/c23-19-10-11-21-20(14-19)22(26-15-25-21)24-13-12-16-6-8-18(9-7-16)17-4-2-1-3-5-17/h1-11,14-15H,12-13H2,(H,24,25,26). The number of aromatic nitrogens is 2. The molecule has 1 aromatic heterocycles. The van der Waals surface area contributed by atoms with Crippen molar-refractivity contribution in [2.75, 3.05) is 11.9 Å². The Morgan fingerprint density at radius 2 is 1.58 bits per heavy atom. The van der Waals surface area contributed by atoms with Crippen LogP contribution in [-0.4, -0.2) is 16.5 Å². The zero-order chi connectivity index (χ0) is 17.8. The van der Waals surface area contributed by atoms with Gasteiger partial charge in [-0.2, -0.15) is 0 Å².